The fraction of sp³-hybridized carbons (Fsp3) is 0.161. The second-order valence-electron chi connectivity index (χ2n) is 8.94. The Hall–Kier alpha value is -3.36. The predicted octanol–water partition coefficient (Wildman–Crippen LogP) is 7.13. The van der Waals surface area contributed by atoms with E-state index in [4.69, 9.17) is 9.98 Å². The molecular weight excluding hydrogens is 473 g/mol. The quantitative estimate of drug-likeness (QED) is 0.0845. The molecule has 0 bridgehead atoms. The summed E-state index contributed by atoms with van der Waals surface area (Å²) in [4.78, 5) is 10.5. The summed E-state index contributed by atoms with van der Waals surface area (Å²) in [6.07, 6.45) is 2.12. The number of rotatable bonds is 3. The third kappa shape index (κ3) is 4.90. The first-order valence-corrected chi connectivity index (χ1v) is 11.4. The summed E-state index contributed by atoms with van der Waals surface area (Å²) in [5.74, 6) is 0. The van der Waals surface area contributed by atoms with Crippen LogP contribution in [0.25, 0.3) is 16.6 Å². The molecule has 0 amide bonds. The van der Waals surface area contributed by atoms with Crippen molar-refractivity contribution in [2.45, 2.75) is 34.6 Å². The Bertz CT molecular complexity index is 1530. The maximum atomic E-state index is 5.28. The summed E-state index contributed by atoms with van der Waals surface area (Å²) in [6, 6.07) is 25.5. The van der Waals surface area contributed by atoms with Crippen LogP contribution in [0.1, 0.15) is 39.1 Å². The van der Waals surface area contributed by atoms with Crippen LogP contribution in [0.15, 0.2) is 84.0 Å². The third-order valence-electron chi connectivity index (χ3n) is 6.14. The number of fused-ring (bicyclic) bond motifs is 3. The molecule has 0 unspecified atom stereocenters. The monoisotopic (exact) mass is 503 g/mol. The van der Waals surface area contributed by atoms with Gasteiger partial charge in [-0.1, -0.05) is 54.1 Å². The van der Waals surface area contributed by atoms with Crippen molar-refractivity contribution in [3.63, 3.8) is 0 Å². The van der Waals surface area contributed by atoms with Crippen molar-refractivity contribution in [2.24, 2.45) is 4.99 Å². The van der Waals surface area contributed by atoms with Crippen LogP contribution in [-0.4, -0.2) is 10.7 Å². The largest absolute Gasteiger partial charge is 0.358 e. The van der Waals surface area contributed by atoms with Crippen molar-refractivity contribution >= 4 is 27.9 Å². The minimum Gasteiger partial charge on any atom is -0.358 e. The van der Waals surface area contributed by atoms with E-state index in [1.807, 2.05) is 6.07 Å². The van der Waals surface area contributed by atoms with Crippen molar-refractivity contribution in [1.82, 2.24) is 4.98 Å². The number of aryl methyl sites for hydroxylation is 5. The van der Waals surface area contributed by atoms with E-state index in [1.54, 1.807) is 0 Å². The molecule has 0 N–H and O–H groups in total. The molecular formula is C31H31N3Ni. The zero-order valence-electron chi connectivity index (χ0n) is 21.2. The molecule has 0 atom stereocenters. The summed E-state index contributed by atoms with van der Waals surface area (Å²) in [6.45, 7) is 10.7. The van der Waals surface area contributed by atoms with Gasteiger partial charge in [0.2, 0.25) is 11.0 Å². The van der Waals surface area contributed by atoms with Crippen molar-refractivity contribution in [1.29, 1.82) is 0 Å². The standard InChI is InChI=1S/C30H28N3.CH3.Ni/c1-19-15-21(3)27(22(4)16-19)31-29(24-11-7-6-8-12-24)30-25-13-9-10-14-33(25)26-18-20(2)17-23(5)28(26)32-30;;/h6-18H,1-5H3;1H3;/q+1;-1;. The maximum Gasteiger partial charge on any atom is 0.239 e. The molecule has 0 saturated heterocycles. The van der Waals surface area contributed by atoms with Gasteiger partial charge >= 0.3 is 0 Å². The minimum atomic E-state index is 0. The Morgan fingerprint density at radius 3 is 2.00 bits per heavy atom. The van der Waals surface area contributed by atoms with Gasteiger partial charge in [0.05, 0.1) is 5.69 Å². The first-order valence-electron chi connectivity index (χ1n) is 11.4. The van der Waals surface area contributed by atoms with Crippen LogP contribution in [0.2, 0.25) is 0 Å². The first-order chi connectivity index (χ1) is 15.9. The number of pyridine rings is 1. The number of aliphatic imine (C=N–C) groups is 1. The van der Waals surface area contributed by atoms with Gasteiger partial charge in [-0.15, -0.1) is 0 Å². The van der Waals surface area contributed by atoms with Gasteiger partial charge in [-0.05, 0) is 62.9 Å². The van der Waals surface area contributed by atoms with Crippen LogP contribution in [-0.2, 0) is 16.5 Å². The molecule has 5 rings (SSSR count). The van der Waals surface area contributed by atoms with E-state index >= 15 is 0 Å². The zero-order valence-corrected chi connectivity index (χ0v) is 22.2. The number of aromatic nitrogens is 2. The van der Waals surface area contributed by atoms with Gasteiger partial charge < -0.3 is 7.43 Å². The normalized spacial score (nSPS) is 11.3. The van der Waals surface area contributed by atoms with Gasteiger partial charge in [-0.3, -0.25) is 0 Å². The van der Waals surface area contributed by atoms with Gasteiger partial charge in [0.1, 0.15) is 11.2 Å². The molecule has 0 saturated carbocycles. The first kappa shape index (κ1) is 26.3. The summed E-state index contributed by atoms with van der Waals surface area (Å²) < 4.78 is 2.24. The summed E-state index contributed by atoms with van der Waals surface area (Å²) in [5, 5.41) is 0. The van der Waals surface area contributed by atoms with Crippen LogP contribution in [0, 0.1) is 42.0 Å². The number of benzene rings is 3. The Morgan fingerprint density at radius 2 is 1.31 bits per heavy atom. The Balaban J connectivity index is 0.00000171. The predicted molar refractivity (Wildman–Crippen MR) is 143 cm³/mol. The van der Waals surface area contributed by atoms with Crippen molar-refractivity contribution in [3.8, 4) is 0 Å². The van der Waals surface area contributed by atoms with E-state index < -0.39 is 0 Å². The van der Waals surface area contributed by atoms with Gasteiger partial charge in [-0.2, -0.15) is 4.40 Å². The van der Waals surface area contributed by atoms with Gasteiger partial charge in [0.25, 0.3) is 0 Å². The summed E-state index contributed by atoms with van der Waals surface area (Å²) in [5.41, 5.74) is 13.0. The average molecular weight is 504 g/mol. The van der Waals surface area contributed by atoms with Gasteiger partial charge in [0, 0.05) is 40.3 Å². The van der Waals surface area contributed by atoms with Crippen LogP contribution >= 0.6 is 0 Å². The Labute approximate surface area is 218 Å². The SMILES string of the molecule is Cc1cc(C)c(N=C(c2ccccc2)c2nc3c(C)cc(C)cc3[n+]3ccccc23)c(C)c1.[CH3-].[Ni]. The molecule has 2 heterocycles. The van der Waals surface area contributed by atoms with E-state index in [9.17, 15) is 0 Å². The van der Waals surface area contributed by atoms with E-state index in [-0.39, 0.29) is 23.9 Å². The number of hydrogen-bond acceptors (Lipinski definition) is 2. The third-order valence-corrected chi connectivity index (χ3v) is 6.14. The number of hydrogen-bond donors (Lipinski definition) is 0. The van der Waals surface area contributed by atoms with E-state index in [2.05, 4.69) is 112 Å². The van der Waals surface area contributed by atoms with Crippen molar-refractivity contribution in [2.75, 3.05) is 0 Å². The van der Waals surface area contributed by atoms with E-state index in [0.29, 0.717) is 0 Å². The molecule has 5 aromatic rings. The van der Waals surface area contributed by atoms with E-state index in [0.717, 1.165) is 39.2 Å². The fourth-order valence-corrected chi connectivity index (χ4v) is 4.77. The van der Waals surface area contributed by atoms with Gasteiger partial charge in [0.15, 0.2) is 11.9 Å². The second kappa shape index (κ2) is 10.5. The molecule has 35 heavy (non-hydrogen) atoms. The molecule has 0 spiro atoms. The topological polar surface area (TPSA) is 29.4 Å². The molecule has 3 nitrogen and oxygen atoms in total. The summed E-state index contributed by atoms with van der Waals surface area (Å²) >= 11 is 0. The molecule has 0 aliphatic rings. The second-order valence-corrected chi connectivity index (χ2v) is 8.94. The average Bonchev–Trinajstić information content (AvgIpc) is 2.79. The molecule has 0 aliphatic heterocycles. The van der Waals surface area contributed by atoms with Crippen LogP contribution < -0.4 is 4.40 Å². The summed E-state index contributed by atoms with van der Waals surface area (Å²) in [7, 11) is 0. The molecule has 2 aromatic heterocycles. The number of nitrogens with zero attached hydrogens (tertiary/aromatic N) is 3. The smallest absolute Gasteiger partial charge is 0.239 e. The van der Waals surface area contributed by atoms with E-state index in [1.165, 1.54) is 27.8 Å². The van der Waals surface area contributed by atoms with Crippen molar-refractivity contribution in [3.05, 3.63) is 125 Å². The van der Waals surface area contributed by atoms with Crippen LogP contribution in [0.5, 0.6) is 0 Å². The Morgan fingerprint density at radius 1 is 0.714 bits per heavy atom. The van der Waals surface area contributed by atoms with Crippen LogP contribution in [0.3, 0.4) is 0 Å². The molecule has 0 aliphatic carbocycles. The van der Waals surface area contributed by atoms with Crippen molar-refractivity contribution < 1.29 is 20.9 Å². The minimum absolute atomic E-state index is 0. The molecule has 180 valence electrons. The fourth-order valence-electron chi connectivity index (χ4n) is 4.77. The Kier molecular flexibility index (Phi) is 7.87. The maximum absolute atomic E-state index is 5.28. The molecule has 4 heteroatoms. The van der Waals surface area contributed by atoms with Crippen LogP contribution in [0.4, 0.5) is 5.69 Å². The molecule has 0 fully saturated rings. The molecule has 0 radical (unpaired) electrons. The zero-order chi connectivity index (χ0) is 23.1. The van der Waals surface area contributed by atoms with Gasteiger partial charge in [-0.25, -0.2) is 9.98 Å². The molecule has 3 aromatic carbocycles.